The third-order valence-electron chi connectivity index (χ3n) is 4.50. The molecule has 0 unspecified atom stereocenters. The minimum atomic E-state index is -0.00630. The van der Waals surface area contributed by atoms with Gasteiger partial charge in [0.1, 0.15) is 12.4 Å². The highest BCUT2D eigenvalue weighted by molar-refractivity contribution is 5.78. The number of methoxy groups -OCH3 is 1. The minimum absolute atomic E-state index is 0.00630. The minimum Gasteiger partial charge on any atom is -0.484 e. The molecular formula is C20H26N4O4. The summed E-state index contributed by atoms with van der Waals surface area (Å²) >= 11 is 0. The van der Waals surface area contributed by atoms with Crippen molar-refractivity contribution in [1.29, 1.82) is 0 Å². The molecule has 0 aliphatic carbocycles. The van der Waals surface area contributed by atoms with Gasteiger partial charge in [0.15, 0.2) is 12.4 Å². The van der Waals surface area contributed by atoms with Crippen LogP contribution in [0.1, 0.15) is 5.56 Å². The lowest BCUT2D eigenvalue weighted by atomic mass is 10.2. The maximum absolute atomic E-state index is 12.4. The number of aromatic nitrogens is 2. The van der Waals surface area contributed by atoms with E-state index in [1.807, 2.05) is 42.2 Å². The van der Waals surface area contributed by atoms with Gasteiger partial charge >= 0.3 is 0 Å². The van der Waals surface area contributed by atoms with Crippen molar-refractivity contribution in [2.45, 2.75) is 6.92 Å². The highest BCUT2D eigenvalue weighted by Crippen LogP contribution is 2.16. The number of aryl methyl sites for hydroxylation is 1. The quantitative estimate of drug-likeness (QED) is 0.637. The van der Waals surface area contributed by atoms with Crippen molar-refractivity contribution in [1.82, 2.24) is 15.1 Å². The van der Waals surface area contributed by atoms with Gasteiger partial charge in [-0.3, -0.25) is 4.79 Å². The van der Waals surface area contributed by atoms with Crippen LogP contribution in [-0.2, 0) is 9.53 Å². The van der Waals surface area contributed by atoms with Crippen molar-refractivity contribution >= 4 is 11.7 Å². The Balaban J connectivity index is 1.43. The monoisotopic (exact) mass is 386 g/mol. The number of amides is 1. The maximum Gasteiger partial charge on any atom is 0.260 e. The van der Waals surface area contributed by atoms with E-state index in [-0.39, 0.29) is 12.5 Å². The Kier molecular flexibility index (Phi) is 7.02. The van der Waals surface area contributed by atoms with Gasteiger partial charge in [0, 0.05) is 39.4 Å². The topological polar surface area (TPSA) is 77.0 Å². The number of hydrogen-bond acceptors (Lipinski definition) is 7. The number of ether oxygens (including phenoxy) is 3. The first-order valence-electron chi connectivity index (χ1n) is 9.33. The van der Waals surface area contributed by atoms with E-state index >= 15 is 0 Å². The van der Waals surface area contributed by atoms with Crippen molar-refractivity contribution in [3.05, 3.63) is 42.0 Å². The van der Waals surface area contributed by atoms with Gasteiger partial charge < -0.3 is 24.0 Å². The van der Waals surface area contributed by atoms with E-state index in [4.69, 9.17) is 14.2 Å². The predicted molar refractivity (Wildman–Crippen MR) is 105 cm³/mol. The first-order valence-corrected chi connectivity index (χ1v) is 9.33. The number of carbonyl (C=O) groups is 1. The second-order valence-corrected chi connectivity index (χ2v) is 6.54. The molecule has 0 radical (unpaired) electrons. The van der Waals surface area contributed by atoms with Gasteiger partial charge in [-0.15, -0.1) is 10.2 Å². The van der Waals surface area contributed by atoms with Crippen LogP contribution in [0.25, 0.3) is 0 Å². The fourth-order valence-electron chi connectivity index (χ4n) is 2.84. The molecule has 0 atom stereocenters. The number of anilines is 1. The van der Waals surface area contributed by atoms with Crippen LogP contribution < -0.4 is 14.4 Å². The average Bonchev–Trinajstić information content (AvgIpc) is 2.74. The number of hydrogen-bond donors (Lipinski definition) is 0. The summed E-state index contributed by atoms with van der Waals surface area (Å²) in [6, 6.07) is 11.4. The fraction of sp³-hybridized carbons (Fsp3) is 0.450. The number of piperazine rings is 1. The van der Waals surface area contributed by atoms with Crippen LogP contribution in [0.2, 0.25) is 0 Å². The molecule has 8 nitrogen and oxygen atoms in total. The molecule has 0 bridgehead atoms. The smallest absolute Gasteiger partial charge is 0.260 e. The molecule has 28 heavy (non-hydrogen) atoms. The van der Waals surface area contributed by atoms with Crippen LogP contribution >= 0.6 is 0 Å². The molecule has 0 spiro atoms. The Hall–Kier alpha value is -2.87. The molecule has 2 aromatic rings. The molecule has 1 fully saturated rings. The lowest BCUT2D eigenvalue weighted by molar-refractivity contribution is -0.133. The van der Waals surface area contributed by atoms with E-state index in [1.165, 1.54) is 0 Å². The molecule has 0 N–H and O–H groups in total. The zero-order valence-corrected chi connectivity index (χ0v) is 16.3. The number of nitrogens with zero attached hydrogens (tertiary/aromatic N) is 4. The van der Waals surface area contributed by atoms with Crippen LogP contribution in [0.3, 0.4) is 0 Å². The van der Waals surface area contributed by atoms with Crippen LogP contribution in [0.15, 0.2) is 36.4 Å². The van der Waals surface area contributed by atoms with Crippen LogP contribution in [0, 0.1) is 6.92 Å². The first kappa shape index (κ1) is 19.9. The fourth-order valence-corrected chi connectivity index (χ4v) is 2.84. The molecule has 1 aromatic carbocycles. The maximum atomic E-state index is 12.4. The Bertz CT molecular complexity index is 744. The molecule has 2 heterocycles. The van der Waals surface area contributed by atoms with E-state index in [9.17, 15) is 4.79 Å². The van der Waals surface area contributed by atoms with E-state index < -0.39 is 0 Å². The predicted octanol–water partition coefficient (Wildman–Crippen LogP) is 1.54. The van der Waals surface area contributed by atoms with E-state index in [2.05, 4.69) is 15.1 Å². The zero-order valence-electron chi connectivity index (χ0n) is 16.3. The summed E-state index contributed by atoms with van der Waals surface area (Å²) in [5.74, 6) is 1.96. The number of benzene rings is 1. The third kappa shape index (κ3) is 5.56. The molecule has 1 aliphatic rings. The highest BCUT2D eigenvalue weighted by Gasteiger charge is 2.22. The summed E-state index contributed by atoms with van der Waals surface area (Å²) in [7, 11) is 1.62. The molecule has 1 amide bonds. The van der Waals surface area contributed by atoms with Crippen LogP contribution in [0.4, 0.5) is 5.82 Å². The van der Waals surface area contributed by atoms with Gasteiger partial charge in [0.25, 0.3) is 5.91 Å². The summed E-state index contributed by atoms with van der Waals surface area (Å²) in [6.07, 6.45) is 0. The summed E-state index contributed by atoms with van der Waals surface area (Å²) < 4.78 is 16.0. The van der Waals surface area contributed by atoms with Crippen molar-refractivity contribution < 1.29 is 19.0 Å². The second-order valence-electron chi connectivity index (χ2n) is 6.54. The SMILES string of the molecule is COCCOc1ccc(N2CCN(C(=O)COc3ccc(C)cc3)CC2)nn1. The first-order chi connectivity index (χ1) is 13.7. The van der Waals surface area contributed by atoms with E-state index in [0.717, 1.165) is 11.4 Å². The summed E-state index contributed by atoms with van der Waals surface area (Å²) in [4.78, 5) is 16.3. The average molecular weight is 386 g/mol. The van der Waals surface area contributed by atoms with Crippen molar-refractivity contribution in [3.63, 3.8) is 0 Å². The molecule has 0 saturated carbocycles. The van der Waals surface area contributed by atoms with Crippen molar-refractivity contribution in [2.24, 2.45) is 0 Å². The Morgan fingerprint density at radius 1 is 0.964 bits per heavy atom. The van der Waals surface area contributed by atoms with Gasteiger partial charge in [-0.25, -0.2) is 0 Å². The lowest BCUT2D eigenvalue weighted by Gasteiger charge is -2.35. The zero-order chi connectivity index (χ0) is 19.8. The molecule has 1 saturated heterocycles. The standard InChI is InChI=1S/C20H26N4O4/c1-16-3-5-17(6-4-16)28-15-20(25)24-11-9-23(10-12-24)18-7-8-19(22-21-18)27-14-13-26-2/h3-8H,9-15H2,1-2H3. The van der Waals surface area contributed by atoms with Crippen LogP contribution in [-0.4, -0.2) is 74.1 Å². The van der Waals surface area contributed by atoms with Gasteiger partial charge in [0.2, 0.25) is 5.88 Å². The molecule has 8 heteroatoms. The summed E-state index contributed by atoms with van der Waals surface area (Å²) in [5, 5.41) is 8.30. The highest BCUT2D eigenvalue weighted by atomic mass is 16.5. The second kappa shape index (κ2) is 9.89. The van der Waals surface area contributed by atoms with Crippen molar-refractivity contribution in [3.8, 4) is 11.6 Å². The molecule has 3 rings (SSSR count). The van der Waals surface area contributed by atoms with Gasteiger partial charge in [0.05, 0.1) is 6.61 Å². The van der Waals surface area contributed by atoms with E-state index in [1.54, 1.807) is 13.2 Å². The lowest BCUT2D eigenvalue weighted by Crippen LogP contribution is -2.50. The van der Waals surface area contributed by atoms with Gasteiger partial charge in [-0.1, -0.05) is 17.7 Å². The summed E-state index contributed by atoms with van der Waals surface area (Å²) in [5.41, 5.74) is 1.16. The Morgan fingerprint density at radius 3 is 2.36 bits per heavy atom. The van der Waals surface area contributed by atoms with E-state index in [0.29, 0.717) is 51.0 Å². The summed E-state index contributed by atoms with van der Waals surface area (Å²) in [6.45, 7) is 5.68. The molecular weight excluding hydrogens is 360 g/mol. The van der Waals surface area contributed by atoms with Crippen LogP contribution in [0.5, 0.6) is 11.6 Å². The Morgan fingerprint density at radius 2 is 1.71 bits per heavy atom. The molecule has 1 aliphatic heterocycles. The van der Waals surface area contributed by atoms with Gasteiger partial charge in [-0.2, -0.15) is 0 Å². The molecule has 1 aromatic heterocycles. The third-order valence-corrected chi connectivity index (χ3v) is 4.50. The number of carbonyl (C=O) groups excluding carboxylic acids is 1. The molecule has 150 valence electrons. The largest absolute Gasteiger partial charge is 0.484 e. The Labute approximate surface area is 165 Å². The number of rotatable bonds is 8. The van der Waals surface area contributed by atoms with Gasteiger partial charge in [-0.05, 0) is 25.1 Å². The van der Waals surface area contributed by atoms with Crippen molar-refractivity contribution in [2.75, 3.05) is 58.0 Å². The normalized spacial score (nSPS) is 14.1.